The molecule has 7 nitrogen and oxygen atoms in total. The molecule has 1 fully saturated rings. The van der Waals surface area contributed by atoms with Gasteiger partial charge in [-0.05, 0) is 18.8 Å². The van der Waals surface area contributed by atoms with Gasteiger partial charge in [0.1, 0.15) is 5.56 Å². The van der Waals surface area contributed by atoms with E-state index in [9.17, 15) is 13.2 Å². The Morgan fingerprint density at radius 3 is 2.89 bits per heavy atom. The molecule has 0 bridgehead atoms. The van der Waals surface area contributed by atoms with Gasteiger partial charge in [-0.25, -0.2) is 17.9 Å². The van der Waals surface area contributed by atoms with Crippen molar-refractivity contribution in [3.05, 3.63) is 11.8 Å². The number of carbonyl (C=O) groups is 1. The highest BCUT2D eigenvalue weighted by atomic mass is 32.2. The second-order valence-corrected chi connectivity index (χ2v) is 6.66. The molecule has 2 atom stereocenters. The Morgan fingerprint density at radius 2 is 2.26 bits per heavy atom. The Bertz CT molecular complexity index is 566. The maximum atomic E-state index is 12.1. The van der Waals surface area contributed by atoms with Crippen molar-refractivity contribution < 1.29 is 18.3 Å². The van der Waals surface area contributed by atoms with Crippen molar-refractivity contribution in [2.24, 2.45) is 5.92 Å². The summed E-state index contributed by atoms with van der Waals surface area (Å²) in [5, 5.41) is 14.3. The standard InChI is InChI=1S/C11H17N3O4S/c1-7-3-2-4-8(5-7)14-19(17,18)10-9(11(15)16)6-12-13-10/h6-8,14H,2-5H2,1H3,(H,12,13)(H,15,16). The van der Waals surface area contributed by atoms with E-state index >= 15 is 0 Å². The number of hydrogen-bond acceptors (Lipinski definition) is 4. The summed E-state index contributed by atoms with van der Waals surface area (Å²) in [7, 11) is -3.86. The van der Waals surface area contributed by atoms with Gasteiger partial charge in [0.15, 0.2) is 5.03 Å². The quantitative estimate of drug-likeness (QED) is 0.763. The first kappa shape index (κ1) is 14.0. The third kappa shape index (κ3) is 3.13. The van der Waals surface area contributed by atoms with E-state index in [1.165, 1.54) is 0 Å². The van der Waals surface area contributed by atoms with Crippen LogP contribution in [0.1, 0.15) is 43.0 Å². The number of carboxylic acid groups (broad SMARTS) is 1. The third-order valence-electron chi connectivity index (χ3n) is 3.36. The van der Waals surface area contributed by atoms with Crippen molar-refractivity contribution in [1.82, 2.24) is 14.9 Å². The van der Waals surface area contributed by atoms with E-state index < -0.39 is 16.0 Å². The zero-order valence-electron chi connectivity index (χ0n) is 10.6. The largest absolute Gasteiger partial charge is 0.478 e. The molecule has 0 saturated heterocycles. The van der Waals surface area contributed by atoms with Crippen LogP contribution in [0, 0.1) is 5.92 Å². The number of aromatic amines is 1. The van der Waals surface area contributed by atoms with Crippen molar-refractivity contribution in [2.75, 3.05) is 0 Å². The lowest BCUT2D eigenvalue weighted by atomic mass is 9.88. The maximum absolute atomic E-state index is 12.1. The number of sulfonamides is 1. The van der Waals surface area contributed by atoms with Crippen LogP contribution in [0.3, 0.4) is 0 Å². The number of hydrogen-bond donors (Lipinski definition) is 3. The second-order valence-electron chi connectivity index (χ2n) is 5.01. The molecule has 1 aliphatic rings. The molecule has 106 valence electrons. The topological polar surface area (TPSA) is 112 Å². The van der Waals surface area contributed by atoms with E-state index in [0.717, 1.165) is 31.9 Å². The average molecular weight is 287 g/mol. The summed E-state index contributed by atoms with van der Waals surface area (Å²) in [6.45, 7) is 2.08. The van der Waals surface area contributed by atoms with Crippen LogP contribution in [0.25, 0.3) is 0 Å². The van der Waals surface area contributed by atoms with Gasteiger partial charge in [0.05, 0.1) is 6.20 Å². The smallest absolute Gasteiger partial charge is 0.340 e. The lowest BCUT2D eigenvalue weighted by Gasteiger charge is -2.27. The molecule has 8 heteroatoms. The Morgan fingerprint density at radius 1 is 1.53 bits per heavy atom. The van der Waals surface area contributed by atoms with E-state index in [2.05, 4.69) is 21.8 Å². The van der Waals surface area contributed by atoms with Gasteiger partial charge in [-0.2, -0.15) is 5.10 Å². The minimum atomic E-state index is -3.86. The molecule has 0 spiro atoms. The van der Waals surface area contributed by atoms with Gasteiger partial charge >= 0.3 is 5.97 Å². The number of nitrogens with zero attached hydrogens (tertiary/aromatic N) is 1. The molecule has 0 aromatic carbocycles. The minimum Gasteiger partial charge on any atom is -0.478 e. The average Bonchev–Trinajstić information content (AvgIpc) is 2.77. The first-order valence-electron chi connectivity index (χ1n) is 6.19. The first-order chi connectivity index (χ1) is 8.90. The number of nitrogens with one attached hydrogen (secondary N) is 2. The molecule has 2 rings (SSSR count). The van der Waals surface area contributed by atoms with Gasteiger partial charge in [0.25, 0.3) is 10.0 Å². The Hall–Kier alpha value is -1.41. The summed E-state index contributed by atoms with van der Waals surface area (Å²) < 4.78 is 26.9. The van der Waals surface area contributed by atoms with Crippen LogP contribution < -0.4 is 4.72 Å². The Labute approximate surface area is 111 Å². The van der Waals surface area contributed by atoms with Crippen LogP contribution >= 0.6 is 0 Å². The molecule has 1 aromatic rings. The van der Waals surface area contributed by atoms with Crippen molar-refractivity contribution in [3.8, 4) is 0 Å². The van der Waals surface area contributed by atoms with Gasteiger partial charge in [-0.1, -0.05) is 19.8 Å². The van der Waals surface area contributed by atoms with Gasteiger partial charge in [-0.15, -0.1) is 0 Å². The molecule has 0 radical (unpaired) electrons. The molecular weight excluding hydrogens is 270 g/mol. The van der Waals surface area contributed by atoms with Gasteiger partial charge in [0, 0.05) is 6.04 Å². The highest BCUT2D eigenvalue weighted by Crippen LogP contribution is 2.25. The fourth-order valence-corrected chi connectivity index (χ4v) is 3.82. The van der Waals surface area contributed by atoms with Gasteiger partial charge < -0.3 is 5.11 Å². The number of H-pyrrole nitrogens is 1. The summed E-state index contributed by atoms with van der Waals surface area (Å²) in [5.41, 5.74) is -0.337. The van der Waals surface area contributed by atoms with Crippen LogP contribution in [0.2, 0.25) is 0 Å². The molecule has 2 unspecified atom stereocenters. The normalized spacial score (nSPS) is 24.3. The molecular formula is C11H17N3O4S. The number of aromatic carboxylic acids is 1. The van der Waals surface area contributed by atoms with E-state index in [0.29, 0.717) is 5.92 Å². The van der Waals surface area contributed by atoms with Crippen molar-refractivity contribution in [2.45, 2.75) is 43.7 Å². The summed E-state index contributed by atoms with van der Waals surface area (Å²) >= 11 is 0. The summed E-state index contributed by atoms with van der Waals surface area (Å²) in [4.78, 5) is 10.9. The van der Waals surface area contributed by atoms with Crippen LogP contribution in [-0.4, -0.2) is 35.7 Å². The zero-order valence-corrected chi connectivity index (χ0v) is 11.4. The molecule has 1 saturated carbocycles. The van der Waals surface area contributed by atoms with Crippen LogP contribution in [0.5, 0.6) is 0 Å². The summed E-state index contributed by atoms with van der Waals surface area (Å²) in [6.07, 6.45) is 4.63. The summed E-state index contributed by atoms with van der Waals surface area (Å²) in [5.74, 6) is -0.840. The molecule has 0 amide bonds. The van der Waals surface area contributed by atoms with E-state index in [4.69, 9.17) is 5.11 Å². The van der Waals surface area contributed by atoms with Crippen LogP contribution in [0.4, 0.5) is 0 Å². The maximum Gasteiger partial charge on any atom is 0.340 e. The monoisotopic (exact) mass is 287 g/mol. The predicted octanol–water partition coefficient (Wildman–Crippen LogP) is 0.965. The van der Waals surface area contributed by atoms with Crippen molar-refractivity contribution in [3.63, 3.8) is 0 Å². The van der Waals surface area contributed by atoms with Crippen molar-refractivity contribution in [1.29, 1.82) is 0 Å². The van der Waals surface area contributed by atoms with Gasteiger partial charge in [-0.3, -0.25) is 5.10 Å². The van der Waals surface area contributed by atoms with E-state index in [1.54, 1.807) is 0 Å². The summed E-state index contributed by atoms with van der Waals surface area (Å²) in [6, 6.07) is -0.140. The predicted molar refractivity (Wildman–Crippen MR) is 67.3 cm³/mol. The lowest BCUT2D eigenvalue weighted by molar-refractivity contribution is 0.0692. The molecule has 1 heterocycles. The molecule has 1 aliphatic carbocycles. The molecule has 19 heavy (non-hydrogen) atoms. The van der Waals surface area contributed by atoms with Crippen molar-refractivity contribution >= 4 is 16.0 Å². The Balaban J connectivity index is 2.18. The molecule has 1 aromatic heterocycles. The van der Waals surface area contributed by atoms with Crippen LogP contribution in [-0.2, 0) is 10.0 Å². The Kier molecular flexibility index (Phi) is 3.91. The molecule has 0 aliphatic heterocycles. The second kappa shape index (κ2) is 5.30. The van der Waals surface area contributed by atoms with E-state index in [-0.39, 0.29) is 16.6 Å². The number of aromatic nitrogens is 2. The zero-order chi connectivity index (χ0) is 14.0. The highest BCUT2D eigenvalue weighted by Gasteiger charge is 2.29. The van der Waals surface area contributed by atoms with Crippen LogP contribution in [0.15, 0.2) is 11.2 Å². The number of carboxylic acids is 1. The highest BCUT2D eigenvalue weighted by molar-refractivity contribution is 7.89. The number of rotatable bonds is 4. The van der Waals surface area contributed by atoms with E-state index in [1.807, 2.05) is 0 Å². The lowest BCUT2D eigenvalue weighted by Crippen LogP contribution is -2.38. The third-order valence-corrected chi connectivity index (χ3v) is 4.85. The fraction of sp³-hybridized carbons (Fsp3) is 0.636. The first-order valence-corrected chi connectivity index (χ1v) is 7.67. The minimum absolute atomic E-state index is 0.140. The van der Waals surface area contributed by atoms with Gasteiger partial charge in [0.2, 0.25) is 0 Å². The SMILES string of the molecule is CC1CCCC(NS(=O)(=O)c2[nH]ncc2C(=O)O)C1. The molecule has 3 N–H and O–H groups in total. The fourth-order valence-electron chi connectivity index (χ4n) is 2.45.